The molecule has 0 bridgehead atoms. The van der Waals surface area contributed by atoms with Crippen LogP contribution in [0.15, 0.2) is 0 Å². The predicted octanol–water partition coefficient (Wildman–Crippen LogP) is 15.6. The van der Waals surface area contributed by atoms with Gasteiger partial charge >= 0.3 is 0 Å². The van der Waals surface area contributed by atoms with Crippen LogP contribution in [-0.4, -0.2) is 54.7 Å². The molecule has 3 heterocycles. The summed E-state index contributed by atoms with van der Waals surface area (Å²) >= 11 is 0. The van der Waals surface area contributed by atoms with Crippen LogP contribution in [0.25, 0.3) is 0 Å². The van der Waals surface area contributed by atoms with Crippen LogP contribution in [0, 0.1) is 99.6 Å². The van der Waals surface area contributed by atoms with Crippen molar-refractivity contribution >= 4 is 6.71 Å². The van der Waals surface area contributed by atoms with Crippen LogP contribution in [0.4, 0.5) is 0 Å². The van der Waals surface area contributed by atoms with Crippen molar-refractivity contribution in [2.24, 2.45) is 99.6 Å². The standard InChI is InChI=1S/C61H100BNO2/c1-60(2,3)43-28-40-20-21-41-29-44(61(4,5)6)34-48-47(31-42(30-43)57(40)58(41)48)39-23-25-54-50(33-39)62-49-32-38(37-14-8-7-9-15-37)22-24-53(49)64-55-26-36(27-56(65-54)59(55)62)35-63-51-18-12-10-16-45(51)46-17-11-13-19-52(46)63/h36-59H,7-35H2,1-6H3/t36?,38?,39-,40?,41?,42+,43-,44?,45-,46?,47?,48?,49+,50?,51?,52+,53?,54+,55?,56?,57?,58?,59+/m0/s1. The maximum Gasteiger partial charge on any atom is 0.162 e. The predicted molar refractivity (Wildman–Crippen MR) is 269 cm³/mol. The maximum atomic E-state index is 7.84. The van der Waals surface area contributed by atoms with Crippen molar-refractivity contribution in [2.45, 2.75) is 275 Å². The molecule has 13 fully saturated rings. The van der Waals surface area contributed by atoms with Gasteiger partial charge in [-0.2, -0.15) is 0 Å². The molecule has 15 unspecified atom stereocenters. The minimum Gasteiger partial charge on any atom is -0.376 e. The van der Waals surface area contributed by atoms with Gasteiger partial charge in [0.25, 0.3) is 0 Å². The molecular weight excluding hydrogens is 789 g/mol. The first-order chi connectivity index (χ1) is 31.4. The van der Waals surface area contributed by atoms with Crippen LogP contribution in [0.5, 0.6) is 0 Å². The molecule has 0 spiro atoms. The van der Waals surface area contributed by atoms with Crippen LogP contribution in [0.1, 0.15) is 221 Å². The number of ether oxygens (including phenoxy) is 2. The Bertz CT molecular complexity index is 1650. The van der Waals surface area contributed by atoms with E-state index in [9.17, 15) is 0 Å². The Kier molecular flexibility index (Phi) is 12.0. The van der Waals surface area contributed by atoms with E-state index in [2.05, 4.69) is 46.4 Å². The van der Waals surface area contributed by atoms with Gasteiger partial charge in [-0.1, -0.05) is 112 Å². The number of rotatable bonds is 4. The summed E-state index contributed by atoms with van der Waals surface area (Å²) in [5.41, 5.74) is 0.907. The van der Waals surface area contributed by atoms with Gasteiger partial charge in [0.1, 0.15) is 0 Å². The van der Waals surface area contributed by atoms with Crippen LogP contribution in [-0.2, 0) is 9.47 Å². The third-order valence-corrected chi connectivity index (χ3v) is 25.6. The SMILES string of the molecule is CC(C)(C)C1CC2CCC3C[C@H](C(C)(C)C)C[C@@H]4CC([C@H]5CC[C@H]6OC7CC(CN8C9CCCC[C@H]9C9CCCC[C@H]98)CC8OC9CCC(C%10CCCCC%10)C[C@H]9B(C6C5)[C@H]87)C(C1)C2C34. The number of likely N-dealkylation sites (tertiary alicyclic amines) is 1. The second kappa shape index (κ2) is 17.3. The van der Waals surface area contributed by atoms with Crippen molar-refractivity contribution in [1.29, 1.82) is 0 Å². The monoisotopic (exact) mass is 890 g/mol. The van der Waals surface area contributed by atoms with Crippen molar-refractivity contribution in [3.05, 3.63) is 0 Å². The van der Waals surface area contributed by atoms with Crippen molar-refractivity contribution in [1.82, 2.24) is 4.90 Å². The minimum atomic E-state index is 0.447. The van der Waals surface area contributed by atoms with Crippen molar-refractivity contribution < 1.29 is 9.47 Å². The summed E-state index contributed by atoms with van der Waals surface area (Å²) in [4.78, 5) is 3.20. The first-order valence-corrected chi connectivity index (χ1v) is 30.5. The largest absolute Gasteiger partial charge is 0.376 e. The summed E-state index contributed by atoms with van der Waals surface area (Å²) in [6.07, 6.45) is 44.0. The molecule has 3 aliphatic heterocycles. The second-order valence-electron chi connectivity index (χ2n) is 30.2. The zero-order chi connectivity index (χ0) is 43.9. The molecule has 0 radical (unpaired) electrons. The molecule has 23 atom stereocenters. The summed E-state index contributed by atoms with van der Waals surface area (Å²) in [5, 5.41) is 0. The van der Waals surface area contributed by atoms with Crippen LogP contribution in [0.2, 0.25) is 17.5 Å². The molecule has 10 saturated carbocycles. The molecule has 13 rings (SSSR count). The lowest BCUT2D eigenvalue weighted by Gasteiger charge is -2.65. The van der Waals surface area contributed by atoms with Gasteiger partial charge in [0.2, 0.25) is 0 Å². The molecule has 0 amide bonds. The average Bonchev–Trinajstić information content (AvgIpc) is 3.62. The Balaban J connectivity index is 0.803. The van der Waals surface area contributed by atoms with Crippen LogP contribution < -0.4 is 0 Å². The van der Waals surface area contributed by atoms with Crippen LogP contribution >= 0.6 is 0 Å². The van der Waals surface area contributed by atoms with Gasteiger partial charge in [-0.05, 0) is 226 Å². The highest BCUT2D eigenvalue weighted by atomic mass is 16.5. The Labute approximate surface area is 400 Å². The zero-order valence-electron chi connectivity index (χ0n) is 43.2. The highest BCUT2D eigenvalue weighted by Crippen LogP contribution is 2.69. The lowest BCUT2D eigenvalue weighted by Crippen LogP contribution is -2.64. The summed E-state index contributed by atoms with van der Waals surface area (Å²) in [7, 11) is 0. The van der Waals surface area contributed by atoms with E-state index in [1.54, 1.807) is 44.9 Å². The summed E-state index contributed by atoms with van der Waals surface area (Å²) in [5.74, 6) is 17.0. The minimum absolute atomic E-state index is 0.447. The van der Waals surface area contributed by atoms with Crippen LogP contribution in [0.3, 0.4) is 0 Å². The molecule has 3 nitrogen and oxygen atoms in total. The molecule has 10 aliphatic carbocycles. The van der Waals surface area contributed by atoms with E-state index in [4.69, 9.17) is 9.47 Å². The van der Waals surface area contributed by atoms with Gasteiger partial charge in [0, 0.05) is 18.6 Å². The number of hydrogen-bond donors (Lipinski definition) is 0. The van der Waals surface area contributed by atoms with Gasteiger partial charge < -0.3 is 9.47 Å². The molecular formula is C61H100BNO2. The Morgan fingerprint density at radius 1 is 0.400 bits per heavy atom. The van der Waals surface area contributed by atoms with E-state index in [0.29, 0.717) is 41.1 Å². The number of fused-ring (bicyclic) bond motifs is 7. The molecule has 4 heteroatoms. The Morgan fingerprint density at radius 3 is 1.55 bits per heavy atom. The summed E-state index contributed by atoms with van der Waals surface area (Å²) in [6.45, 7) is 17.9. The number of nitrogens with zero attached hydrogens (tertiary/aromatic N) is 1. The second-order valence-corrected chi connectivity index (χ2v) is 30.2. The van der Waals surface area contributed by atoms with E-state index < -0.39 is 0 Å². The normalized spacial score (nSPS) is 53.4. The van der Waals surface area contributed by atoms with Gasteiger partial charge in [-0.3, -0.25) is 4.90 Å². The van der Waals surface area contributed by atoms with Gasteiger partial charge in [0.15, 0.2) is 6.71 Å². The molecule has 0 aromatic heterocycles. The van der Waals surface area contributed by atoms with Gasteiger partial charge in [-0.25, -0.2) is 0 Å². The highest BCUT2D eigenvalue weighted by molar-refractivity contribution is 6.65. The quantitative estimate of drug-likeness (QED) is 0.263. The molecule has 65 heavy (non-hydrogen) atoms. The Morgan fingerprint density at radius 2 is 0.923 bits per heavy atom. The molecule has 3 saturated heterocycles. The fraction of sp³-hybridized carbons (Fsp3) is 1.00. The van der Waals surface area contributed by atoms with Crippen molar-refractivity contribution in [2.75, 3.05) is 6.54 Å². The molecule has 0 N–H and O–H groups in total. The lowest BCUT2D eigenvalue weighted by atomic mass is 9.20. The highest BCUT2D eigenvalue weighted by Gasteiger charge is 2.65. The fourth-order valence-electron chi connectivity index (χ4n) is 22.9. The maximum absolute atomic E-state index is 7.84. The molecule has 0 aromatic carbocycles. The molecule has 364 valence electrons. The summed E-state index contributed by atoms with van der Waals surface area (Å²) in [6, 6.07) is 1.78. The van der Waals surface area contributed by atoms with E-state index in [1.807, 2.05) is 0 Å². The van der Waals surface area contributed by atoms with E-state index >= 15 is 0 Å². The van der Waals surface area contributed by atoms with E-state index in [0.717, 1.165) is 119 Å². The lowest BCUT2D eigenvalue weighted by molar-refractivity contribution is -0.164. The van der Waals surface area contributed by atoms with Gasteiger partial charge in [-0.15, -0.1) is 0 Å². The van der Waals surface area contributed by atoms with E-state index in [-0.39, 0.29) is 0 Å². The first-order valence-electron chi connectivity index (χ1n) is 30.5. The average molecular weight is 890 g/mol. The fourth-order valence-corrected chi connectivity index (χ4v) is 22.9. The summed E-state index contributed by atoms with van der Waals surface area (Å²) < 4.78 is 15.6. The third kappa shape index (κ3) is 7.84. The zero-order valence-corrected chi connectivity index (χ0v) is 43.2. The number of hydrogen-bond acceptors (Lipinski definition) is 3. The third-order valence-electron chi connectivity index (χ3n) is 25.6. The van der Waals surface area contributed by atoms with Gasteiger partial charge in [0.05, 0.1) is 24.4 Å². The Hall–Kier alpha value is -0.0551. The smallest absolute Gasteiger partial charge is 0.162 e. The molecule has 0 aromatic rings. The molecule has 13 aliphatic rings. The van der Waals surface area contributed by atoms with Crippen molar-refractivity contribution in [3.8, 4) is 0 Å². The van der Waals surface area contributed by atoms with E-state index in [1.165, 1.54) is 141 Å². The van der Waals surface area contributed by atoms with Crippen molar-refractivity contribution in [3.63, 3.8) is 0 Å². The first kappa shape index (κ1) is 44.9. The topological polar surface area (TPSA) is 21.7 Å².